The number of rotatable bonds is 70. The third-order valence-electron chi connectivity index (χ3n) is 17.5. The van der Waals surface area contributed by atoms with E-state index >= 15 is 0 Å². The van der Waals surface area contributed by atoms with Crippen LogP contribution in [-0.4, -0.2) is 96.7 Å². The van der Waals surface area contributed by atoms with Gasteiger partial charge in [0.15, 0.2) is 12.2 Å². The highest BCUT2D eigenvalue weighted by atomic mass is 31.2. The summed E-state index contributed by atoms with van der Waals surface area (Å²) < 4.78 is 68.4. The van der Waals surface area contributed by atoms with Crippen LogP contribution < -0.4 is 0 Å². The van der Waals surface area contributed by atoms with Crippen molar-refractivity contribution in [2.45, 2.75) is 382 Å². The smallest absolute Gasteiger partial charge is 0.462 e. The second-order valence-electron chi connectivity index (χ2n) is 27.8. The molecule has 0 rings (SSSR count). The highest BCUT2D eigenvalue weighted by Crippen LogP contribution is 2.45. The molecule has 546 valence electrons. The number of hydrogen-bond donors (Lipinski definition) is 3. The van der Waals surface area contributed by atoms with Crippen LogP contribution in [0.1, 0.15) is 364 Å². The lowest BCUT2D eigenvalue weighted by Gasteiger charge is -2.21. The number of carbonyl (C=O) groups is 4. The first-order chi connectivity index (χ1) is 44.2. The summed E-state index contributed by atoms with van der Waals surface area (Å²) in [4.78, 5) is 72.6. The van der Waals surface area contributed by atoms with E-state index in [9.17, 15) is 43.2 Å². The minimum absolute atomic E-state index is 0.105. The van der Waals surface area contributed by atoms with E-state index in [0.29, 0.717) is 31.6 Å². The molecule has 0 saturated heterocycles. The maximum Gasteiger partial charge on any atom is 0.472 e. The van der Waals surface area contributed by atoms with Gasteiger partial charge < -0.3 is 33.8 Å². The maximum absolute atomic E-state index is 13.0. The zero-order chi connectivity index (χ0) is 68.2. The van der Waals surface area contributed by atoms with E-state index in [1.807, 2.05) is 0 Å². The zero-order valence-corrected chi connectivity index (χ0v) is 62.0. The standard InChI is InChI=1S/C73H142O17P2/c1-9-65(7)51-43-35-26-20-17-18-22-29-39-47-55-72(77)89-69(60-84-71(76)54-46-38-32-31-34-42-50-64(5)6)62-88-92(81,82)86-58-67(74)57-85-91(79,80)87-61-68(90-73(78)56-48-40-30-24-23-27-36-44-52-66(8)10-2)59-83-70(75)53-45-37-28-21-16-14-12-11-13-15-19-25-33-41-49-63(3)4/h63-69,74H,9-62H2,1-8H3,(H,79,80)(H,81,82)/t65?,66?,67-,68-,69-/m1/s1. The third kappa shape index (κ3) is 64.1. The predicted octanol–water partition coefficient (Wildman–Crippen LogP) is 20.9. The minimum atomic E-state index is -4.95. The molecular weight excluding hydrogens is 1210 g/mol. The normalized spacial score (nSPS) is 14.8. The third-order valence-corrected chi connectivity index (χ3v) is 19.4. The van der Waals surface area contributed by atoms with Crippen LogP contribution in [0.5, 0.6) is 0 Å². The van der Waals surface area contributed by atoms with E-state index in [1.165, 1.54) is 161 Å². The summed E-state index contributed by atoms with van der Waals surface area (Å²) in [5.41, 5.74) is 0. The molecule has 19 heteroatoms. The van der Waals surface area contributed by atoms with Crippen molar-refractivity contribution in [3.05, 3.63) is 0 Å². The Hall–Kier alpha value is -1.94. The second-order valence-corrected chi connectivity index (χ2v) is 30.7. The molecule has 3 N–H and O–H groups in total. The molecule has 0 spiro atoms. The average Bonchev–Trinajstić information content (AvgIpc) is 2.86. The fourth-order valence-corrected chi connectivity index (χ4v) is 12.5. The molecule has 0 fully saturated rings. The first-order valence-electron chi connectivity index (χ1n) is 37.8. The van der Waals surface area contributed by atoms with Crippen molar-refractivity contribution in [3.63, 3.8) is 0 Å². The Morgan fingerprint density at radius 1 is 0.304 bits per heavy atom. The quantitative estimate of drug-likeness (QED) is 0.0222. The minimum Gasteiger partial charge on any atom is -0.462 e. The molecule has 17 nitrogen and oxygen atoms in total. The largest absolute Gasteiger partial charge is 0.472 e. The predicted molar refractivity (Wildman–Crippen MR) is 372 cm³/mol. The van der Waals surface area contributed by atoms with Crippen LogP contribution in [0, 0.1) is 23.7 Å². The van der Waals surface area contributed by atoms with Gasteiger partial charge in [-0.1, -0.05) is 312 Å². The SMILES string of the molecule is CCC(C)CCCCCCCCCCCCC(=O)O[C@H](COC(=O)CCCCCCCCC(C)C)COP(=O)(O)OC[C@H](O)COP(=O)(O)OC[C@@H](COC(=O)CCCCCCCCCCCCCCCCC(C)C)OC(=O)CCCCCCCCCCC(C)CC. The summed E-state index contributed by atoms with van der Waals surface area (Å²) in [5.74, 6) is 0.923. The molecule has 0 heterocycles. The van der Waals surface area contributed by atoms with E-state index in [1.54, 1.807) is 0 Å². The van der Waals surface area contributed by atoms with Crippen LogP contribution >= 0.6 is 15.6 Å². The van der Waals surface area contributed by atoms with E-state index in [4.69, 9.17) is 37.0 Å². The molecule has 92 heavy (non-hydrogen) atoms. The van der Waals surface area contributed by atoms with Gasteiger partial charge in [-0.25, -0.2) is 9.13 Å². The van der Waals surface area contributed by atoms with Crippen molar-refractivity contribution in [1.29, 1.82) is 0 Å². The summed E-state index contributed by atoms with van der Waals surface area (Å²) in [5, 5.41) is 10.6. The van der Waals surface area contributed by atoms with Crippen molar-refractivity contribution < 1.29 is 80.2 Å². The van der Waals surface area contributed by atoms with Gasteiger partial charge in [0.25, 0.3) is 0 Å². The van der Waals surface area contributed by atoms with E-state index in [2.05, 4.69) is 55.4 Å². The molecule has 0 saturated carbocycles. The second kappa shape index (κ2) is 62.6. The van der Waals surface area contributed by atoms with E-state index in [0.717, 1.165) is 114 Å². The molecule has 0 bridgehead atoms. The van der Waals surface area contributed by atoms with Crippen LogP contribution in [0.25, 0.3) is 0 Å². The van der Waals surface area contributed by atoms with Crippen LogP contribution in [0.3, 0.4) is 0 Å². The van der Waals surface area contributed by atoms with Crippen molar-refractivity contribution in [3.8, 4) is 0 Å². The Labute approximate surface area is 562 Å². The monoisotopic (exact) mass is 1350 g/mol. The first-order valence-corrected chi connectivity index (χ1v) is 40.8. The van der Waals surface area contributed by atoms with Gasteiger partial charge in [-0.2, -0.15) is 0 Å². The number of unbranched alkanes of at least 4 members (excludes halogenated alkanes) is 34. The molecule has 0 aromatic heterocycles. The number of phosphoric acid groups is 2. The first kappa shape index (κ1) is 90.1. The lowest BCUT2D eigenvalue weighted by Crippen LogP contribution is -2.30. The highest BCUT2D eigenvalue weighted by molar-refractivity contribution is 7.47. The van der Waals surface area contributed by atoms with E-state index < -0.39 is 97.5 Å². The van der Waals surface area contributed by atoms with Crippen molar-refractivity contribution in [1.82, 2.24) is 0 Å². The summed E-state index contributed by atoms with van der Waals surface area (Å²) in [6.45, 7) is 14.1. The molecule has 0 aliphatic rings. The van der Waals surface area contributed by atoms with Gasteiger partial charge in [-0.3, -0.25) is 37.3 Å². The topological polar surface area (TPSA) is 237 Å². The van der Waals surface area contributed by atoms with Crippen LogP contribution in [0.15, 0.2) is 0 Å². The summed E-state index contributed by atoms with van der Waals surface area (Å²) in [6, 6.07) is 0. The molecule has 0 amide bonds. The lowest BCUT2D eigenvalue weighted by atomic mass is 9.99. The number of hydrogen-bond acceptors (Lipinski definition) is 15. The molecule has 0 aromatic rings. The number of aliphatic hydroxyl groups excluding tert-OH is 1. The number of carbonyl (C=O) groups excluding carboxylic acids is 4. The number of phosphoric ester groups is 2. The highest BCUT2D eigenvalue weighted by Gasteiger charge is 2.30. The fraction of sp³-hybridized carbons (Fsp3) is 0.945. The summed E-state index contributed by atoms with van der Waals surface area (Å²) in [6.07, 6.45) is 45.8. The van der Waals surface area contributed by atoms with Gasteiger partial charge in [0.2, 0.25) is 0 Å². The van der Waals surface area contributed by atoms with Crippen molar-refractivity contribution in [2.24, 2.45) is 23.7 Å². The van der Waals surface area contributed by atoms with E-state index in [-0.39, 0.29) is 25.7 Å². The molecule has 0 aliphatic heterocycles. The summed E-state index contributed by atoms with van der Waals surface area (Å²) >= 11 is 0. The van der Waals surface area contributed by atoms with Crippen LogP contribution in [0.4, 0.5) is 0 Å². The van der Waals surface area contributed by atoms with Gasteiger partial charge in [0.1, 0.15) is 19.3 Å². The zero-order valence-electron chi connectivity index (χ0n) is 60.2. The Balaban J connectivity index is 5.23. The molecule has 0 radical (unpaired) electrons. The fourth-order valence-electron chi connectivity index (χ4n) is 11.0. The Kier molecular flexibility index (Phi) is 61.3. The Morgan fingerprint density at radius 2 is 0.522 bits per heavy atom. The van der Waals surface area contributed by atoms with Crippen LogP contribution in [-0.2, 0) is 65.4 Å². The summed E-state index contributed by atoms with van der Waals surface area (Å²) in [7, 11) is -9.91. The number of aliphatic hydroxyl groups is 1. The van der Waals surface area contributed by atoms with Crippen molar-refractivity contribution >= 4 is 39.5 Å². The van der Waals surface area contributed by atoms with Gasteiger partial charge in [0.05, 0.1) is 26.4 Å². The Morgan fingerprint density at radius 3 is 0.772 bits per heavy atom. The van der Waals surface area contributed by atoms with Gasteiger partial charge in [-0.15, -0.1) is 0 Å². The van der Waals surface area contributed by atoms with Gasteiger partial charge in [-0.05, 0) is 49.4 Å². The maximum atomic E-state index is 13.0. The van der Waals surface area contributed by atoms with Crippen molar-refractivity contribution in [2.75, 3.05) is 39.6 Å². The lowest BCUT2D eigenvalue weighted by molar-refractivity contribution is -0.161. The molecule has 7 atom stereocenters. The number of ether oxygens (including phenoxy) is 4. The van der Waals surface area contributed by atoms with Gasteiger partial charge in [0, 0.05) is 25.7 Å². The Bertz CT molecular complexity index is 1820. The molecular formula is C73H142O17P2. The average molecular weight is 1350 g/mol. The molecule has 0 aromatic carbocycles. The molecule has 0 aliphatic carbocycles. The van der Waals surface area contributed by atoms with Crippen LogP contribution in [0.2, 0.25) is 0 Å². The number of esters is 4. The molecule has 4 unspecified atom stereocenters. The van der Waals surface area contributed by atoms with Gasteiger partial charge >= 0.3 is 39.5 Å².